The summed E-state index contributed by atoms with van der Waals surface area (Å²) in [5, 5.41) is 3.24. The minimum atomic E-state index is -4.89. The number of alkyl halides is 6. The Kier molecular flexibility index (Phi) is 9.43. The van der Waals surface area contributed by atoms with Gasteiger partial charge in [0.2, 0.25) is 0 Å². The molecule has 0 amide bonds. The van der Waals surface area contributed by atoms with Crippen molar-refractivity contribution in [1.29, 1.82) is 0 Å². The summed E-state index contributed by atoms with van der Waals surface area (Å²) in [4.78, 5) is 1.91. The molecular formula is C30H33F6N3O. The van der Waals surface area contributed by atoms with E-state index < -0.39 is 49.6 Å². The minimum Gasteiger partial charge on any atom is -0.496 e. The van der Waals surface area contributed by atoms with Crippen molar-refractivity contribution in [3.63, 3.8) is 0 Å². The molecule has 4 nitrogen and oxygen atoms in total. The Morgan fingerprint density at radius 3 is 1.88 bits per heavy atom. The Bertz CT molecular complexity index is 1180. The topological polar surface area (TPSA) is 27.7 Å². The maximum atomic E-state index is 14.6. The summed E-state index contributed by atoms with van der Waals surface area (Å²) < 4.78 is 93.1. The van der Waals surface area contributed by atoms with Gasteiger partial charge in [0.1, 0.15) is 17.8 Å². The van der Waals surface area contributed by atoms with E-state index in [-0.39, 0.29) is 6.54 Å². The third-order valence-electron chi connectivity index (χ3n) is 7.47. The second kappa shape index (κ2) is 12.6. The molecule has 4 rings (SSSR count). The molecule has 1 aliphatic rings. The van der Waals surface area contributed by atoms with Gasteiger partial charge in [0.25, 0.3) is 0 Å². The smallest absolute Gasteiger partial charge is 0.405 e. The molecule has 4 unspecified atom stereocenters. The van der Waals surface area contributed by atoms with Crippen LogP contribution in [0, 0.1) is 0 Å². The van der Waals surface area contributed by atoms with E-state index in [4.69, 9.17) is 4.74 Å². The molecule has 0 saturated carbocycles. The van der Waals surface area contributed by atoms with Gasteiger partial charge in [-0.1, -0.05) is 78.9 Å². The molecule has 1 fully saturated rings. The molecule has 10 heteroatoms. The SMILES string of the molecule is COc1ccccc1C(CNCc1ccccc1)N1CC(C(F)(F)F)N(C(C)c2ccccc2)C(C(F)(F)F)C1. The van der Waals surface area contributed by atoms with Gasteiger partial charge < -0.3 is 10.1 Å². The number of nitrogens with one attached hydrogen (secondary N) is 1. The number of piperazine rings is 1. The van der Waals surface area contributed by atoms with Crippen LogP contribution in [0.4, 0.5) is 26.3 Å². The van der Waals surface area contributed by atoms with Crippen molar-refractivity contribution in [2.75, 3.05) is 26.7 Å². The van der Waals surface area contributed by atoms with Gasteiger partial charge in [-0.15, -0.1) is 0 Å². The average molecular weight is 566 g/mol. The Morgan fingerprint density at radius 2 is 1.32 bits per heavy atom. The van der Waals surface area contributed by atoms with Crippen LogP contribution in [0.2, 0.25) is 0 Å². The largest absolute Gasteiger partial charge is 0.496 e. The summed E-state index contributed by atoms with van der Waals surface area (Å²) in [5.74, 6) is 0.404. The molecule has 40 heavy (non-hydrogen) atoms. The Morgan fingerprint density at radius 1 is 0.800 bits per heavy atom. The summed E-state index contributed by atoms with van der Waals surface area (Å²) in [7, 11) is 1.43. The van der Waals surface area contributed by atoms with Gasteiger partial charge in [-0.3, -0.25) is 9.80 Å². The summed E-state index contributed by atoms with van der Waals surface area (Å²) in [6.45, 7) is 0.690. The number of para-hydroxylation sites is 1. The highest BCUT2D eigenvalue weighted by Gasteiger charge is 2.58. The number of nitrogens with zero attached hydrogens (tertiary/aromatic N) is 2. The van der Waals surface area contributed by atoms with Crippen molar-refractivity contribution < 1.29 is 31.1 Å². The third kappa shape index (κ3) is 6.97. The molecule has 1 N–H and O–H groups in total. The number of ether oxygens (including phenoxy) is 1. The first-order valence-electron chi connectivity index (χ1n) is 13.1. The lowest BCUT2D eigenvalue weighted by molar-refractivity contribution is -0.264. The van der Waals surface area contributed by atoms with Gasteiger partial charge >= 0.3 is 12.4 Å². The van der Waals surface area contributed by atoms with Gasteiger partial charge in [0.05, 0.1) is 13.2 Å². The average Bonchev–Trinajstić information content (AvgIpc) is 2.94. The lowest BCUT2D eigenvalue weighted by Crippen LogP contribution is -2.68. The molecule has 1 aliphatic heterocycles. The first-order chi connectivity index (χ1) is 19.0. The number of hydrogen-bond donors (Lipinski definition) is 1. The lowest BCUT2D eigenvalue weighted by atomic mass is 9.94. The molecule has 0 bridgehead atoms. The molecule has 1 heterocycles. The fraction of sp³-hybridized carbons (Fsp3) is 0.400. The molecule has 1 saturated heterocycles. The number of methoxy groups -OCH3 is 1. The van der Waals surface area contributed by atoms with Gasteiger partial charge in [0.15, 0.2) is 0 Å². The van der Waals surface area contributed by atoms with Crippen LogP contribution in [0.1, 0.15) is 35.7 Å². The van der Waals surface area contributed by atoms with Gasteiger partial charge in [0, 0.05) is 37.8 Å². The molecule has 3 aromatic rings. The van der Waals surface area contributed by atoms with Crippen molar-refractivity contribution >= 4 is 0 Å². The van der Waals surface area contributed by atoms with E-state index in [9.17, 15) is 26.3 Å². The van der Waals surface area contributed by atoms with Crippen LogP contribution in [0.5, 0.6) is 5.75 Å². The van der Waals surface area contributed by atoms with E-state index in [1.54, 1.807) is 54.6 Å². The number of rotatable bonds is 9. The first kappa shape index (κ1) is 29.9. The molecule has 0 spiro atoms. The quantitative estimate of drug-likeness (QED) is 0.290. The van der Waals surface area contributed by atoms with E-state index >= 15 is 0 Å². The Hall–Kier alpha value is -3.08. The highest BCUT2D eigenvalue weighted by Crippen LogP contribution is 2.43. The molecule has 3 aromatic carbocycles. The fourth-order valence-corrected chi connectivity index (χ4v) is 5.49. The van der Waals surface area contributed by atoms with Crippen LogP contribution >= 0.6 is 0 Å². The fourth-order valence-electron chi connectivity index (χ4n) is 5.49. The van der Waals surface area contributed by atoms with E-state index in [0.29, 0.717) is 28.3 Å². The zero-order valence-corrected chi connectivity index (χ0v) is 22.3. The number of hydrogen-bond acceptors (Lipinski definition) is 4. The van der Waals surface area contributed by atoms with Gasteiger partial charge in [-0.2, -0.15) is 26.3 Å². The lowest BCUT2D eigenvalue weighted by Gasteiger charge is -2.51. The first-order valence-corrected chi connectivity index (χ1v) is 13.1. The molecule has 0 aromatic heterocycles. The van der Waals surface area contributed by atoms with E-state index in [1.807, 2.05) is 30.3 Å². The number of halogens is 6. The Labute approximate surface area is 230 Å². The van der Waals surface area contributed by atoms with Crippen LogP contribution in [0.25, 0.3) is 0 Å². The third-order valence-corrected chi connectivity index (χ3v) is 7.47. The van der Waals surface area contributed by atoms with E-state index in [2.05, 4.69) is 5.32 Å². The number of benzene rings is 3. The second-order valence-corrected chi connectivity index (χ2v) is 9.98. The van der Waals surface area contributed by atoms with Crippen molar-refractivity contribution in [3.8, 4) is 5.75 Å². The van der Waals surface area contributed by atoms with Crippen LogP contribution < -0.4 is 10.1 Å². The standard InChI is InChI=1S/C30H33F6N3O/c1-21(23-13-7-4-8-14-23)39-27(29(31,32)33)19-38(20-28(39)30(34,35)36)25(24-15-9-10-16-26(24)40-2)18-37-17-22-11-5-3-6-12-22/h3-16,21,25,27-28,37H,17-20H2,1-2H3. The molecule has 0 radical (unpaired) electrons. The van der Waals surface area contributed by atoms with Crippen LogP contribution in [-0.4, -0.2) is 61.0 Å². The summed E-state index contributed by atoms with van der Waals surface area (Å²) in [5.41, 5.74) is 1.87. The van der Waals surface area contributed by atoms with Crippen LogP contribution in [0.3, 0.4) is 0 Å². The monoisotopic (exact) mass is 565 g/mol. The second-order valence-electron chi connectivity index (χ2n) is 9.98. The van der Waals surface area contributed by atoms with Crippen LogP contribution in [-0.2, 0) is 6.54 Å². The normalized spacial score (nSPS) is 20.7. The zero-order valence-electron chi connectivity index (χ0n) is 22.3. The maximum Gasteiger partial charge on any atom is 0.405 e. The minimum absolute atomic E-state index is 0.124. The molecular weight excluding hydrogens is 532 g/mol. The summed E-state index contributed by atoms with van der Waals surface area (Å²) >= 11 is 0. The Balaban J connectivity index is 1.72. The highest BCUT2D eigenvalue weighted by molar-refractivity contribution is 5.36. The van der Waals surface area contributed by atoms with Crippen molar-refractivity contribution in [2.24, 2.45) is 0 Å². The predicted octanol–water partition coefficient (Wildman–Crippen LogP) is 6.77. The van der Waals surface area contributed by atoms with E-state index in [0.717, 1.165) is 5.56 Å². The van der Waals surface area contributed by atoms with Crippen molar-refractivity contribution in [2.45, 2.75) is 50.0 Å². The molecule has 216 valence electrons. The zero-order chi connectivity index (χ0) is 28.9. The van der Waals surface area contributed by atoms with Crippen molar-refractivity contribution in [1.82, 2.24) is 15.1 Å². The highest BCUT2D eigenvalue weighted by atomic mass is 19.4. The van der Waals surface area contributed by atoms with E-state index in [1.165, 1.54) is 18.9 Å². The predicted molar refractivity (Wildman–Crippen MR) is 142 cm³/mol. The van der Waals surface area contributed by atoms with Gasteiger partial charge in [-0.05, 0) is 24.1 Å². The molecule has 4 atom stereocenters. The molecule has 0 aliphatic carbocycles. The summed E-state index contributed by atoms with van der Waals surface area (Å²) in [6, 6.07) is 17.6. The maximum absolute atomic E-state index is 14.6. The van der Waals surface area contributed by atoms with Gasteiger partial charge in [-0.25, -0.2) is 0 Å². The van der Waals surface area contributed by atoms with Crippen LogP contribution in [0.15, 0.2) is 84.9 Å². The van der Waals surface area contributed by atoms with Crippen molar-refractivity contribution in [3.05, 3.63) is 102 Å². The summed E-state index contributed by atoms with van der Waals surface area (Å²) in [6.07, 6.45) is -9.79.